The minimum atomic E-state index is -0.00205. The van der Waals surface area contributed by atoms with Crippen LogP contribution in [-0.2, 0) is 11.2 Å². The van der Waals surface area contributed by atoms with Gasteiger partial charge in [0.1, 0.15) is 0 Å². The van der Waals surface area contributed by atoms with Crippen molar-refractivity contribution in [1.29, 1.82) is 0 Å². The van der Waals surface area contributed by atoms with E-state index in [1.165, 1.54) is 0 Å². The van der Waals surface area contributed by atoms with Crippen LogP contribution in [0.1, 0.15) is 18.9 Å². The van der Waals surface area contributed by atoms with Gasteiger partial charge in [-0.25, -0.2) is 0 Å². The first-order chi connectivity index (χ1) is 7.72. The topological polar surface area (TPSA) is 62.2 Å². The third-order valence-electron chi connectivity index (χ3n) is 2.36. The first kappa shape index (κ1) is 12.6. The van der Waals surface area contributed by atoms with E-state index in [0.29, 0.717) is 25.3 Å². The summed E-state index contributed by atoms with van der Waals surface area (Å²) in [4.78, 5) is 15.5. The molecule has 0 saturated heterocycles. The van der Waals surface area contributed by atoms with Gasteiger partial charge in [-0.2, -0.15) is 0 Å². The van der Waals surface area contributed by atoms with Gasteiger partial charge in [-0.15, -0.1) is 0 Å². The van der Waals surface area contributed by atoms with E-state index in [-0.39, 0.29) is 12.5 Å². The lowest BCUT2D eigenvalue weighted by molar-refractivity contribution is -0.120. The molecule has 0 aliphatic carbocycles. The molecule has 4 heteroatoms. The molecule has 1 unspecified atom stereocenters. The maximum absolute atomic E-state index is 11.5. The molecule has 0 radical (unpaired) electrons. The second-order valence-electron chi connectivity index (χ2n) is 3.96. The van der Waals surface area contributed by atoms with Crippen molar-refractivity contribution in [3.63, 3.8) is 0 Å². The predicted molar refractivity (Wildman–Crippen MR) is 61.8 cm³/mol. The molecule has 1 amide bonds. The van der Waals surface area contributed by atoms with Gasteiger partial charge in [0.25, 0.3) is 0 Å². The Morgan fingerprint density at radius 1 is 1.62 bits per heavy atom. The van der Waals surface area contributed by atoms with E-state index in [2.05, 4.69) is 10.3 Å². The zero-order chi connectivity index (χ0) is 11.8. The molecular formula is C12H18N2O2. The first-order valence-corrected chi connectivity index (χ1v) is 5.49. The molecule has 1 atom stereocenters. The second kappa shape index (κ2) is 6.95. The summed E-state index contributed by atoms with van der Waals surface area (Å²) in [5.74, 6) is 0.306. The van der Waals surface area contributed by atoms with Crippen molar-refractivity contribution >= 4 is 5.91 Å². The Kier molecular flexibility index (Phi) is 5.50. The summed E-state index contributed by atoms with van der Waals surface area (Å²) in [6.07, 6.45) is 4.45. The number of nitrogens with zero attached hydrogens (tertiary/aromatic N) is 1. The normalized spacial score (nSPS) is 12.1. The number of aromatic nitrogens is 1. The Bertz CT molecular complexity index is 314. The molecule has 2 N–H and O–H groups in total. The summed E-state index contributed by atoms with van der Waals surface area (Å²) in [6, 6.07) is 3.70. The van der Waals surface area contributed by atoms with Crippen LogP contribution in [0.3, 0.4) is 0 Å². The molecule has 1 aromatic rings. The van der Waals surface area contributed by atoms with Gasteiger partial charge in [0, 0.05) is 25.5 Å². The lowest BCUT2D eigenvalue weighted by atomic mass is 10.1. The van der Waals surface area contributed by atoms with Gasteiger partial charge in [0.05, 0.1) is 6.42 Å². The molecule has 0 aliphatic heterocycles. The maximum Gasteiger partial charge on any atom is 0.224 e. The molecule has 1 rings (SSSR count). The standard InChI is InChI=1S/C12H18N2O2/c1-10(4-6-15)8-14-12(16)7-11-3-2-5-13-9-11/h2-3,5,9-10,15H,4,6-8H2,1H3,(H,14,16). The Labute approximate surface area is 95.7 Å². The molecule has 88 valence electrons. The third kappa shape index (κ3) is 4.89. The van der Waals surface area contributed by atoms with Crippen LogP contribution < -0.4 is 5.32 Å². The van der Waals surface area contributed by atoms with E-state index in [1.54, 1.807) is 12.4 Å². The van der Waals surface area contributed by atoms with Crippen LogP contribution in [0.25, 0.3) is 0 Å². The van der Waals surface area contributed by atoms with E-state index in [9.17, 15) is 4.79 Å². The summed E-state index contributed by atoms with van der Waals surface area (Å²) in [6.45, 7) is 2.78. The summed E-state index contributed by atoms with van der Waals surface area (Å²) in [5, 5.41) is 11.6. The fraction of sp³-hybridized carbons (Fsp3) is 0.500. The van der Waals surface area contributed by atoms with Crippen molar-refractivity contribution in [3.8, 4) is 0 Å². The van der Waals surface area contributed by atoms with Crippen molar-refractivity contribution in [2.24, 2.45) is 5.92 Å². The number of aliphatic hydroxyl groups excluding tert-OH is 1. The van der Waals surface area contributed by atoms with Gasteiger partial charge in [-0.3, -0.25) is 9.78 Å². The molecule has 0 fully saturated rings. The van der Waals surface area contributed by atoms with E-state index in [0.717, 1.165) is 5.56 Å². The monoisotopic (exact) mass is 222 g/mol. The van der Waals surface area contributed by atoms with Crippen molar-refractivity contribution in [2.75, 3.05) is 13.2 Å². The fourth-order valence-electron chi connectivity index (χ4n) is 1.36. The highest BCUT2D eigenvalue weighted by Crippen LogP contribution is 2.00. The molecule has 1 aromatic heterocycles. The second-order valence-corrected chi connectivity index (χ2v) is 3.96. The molecule has 0 aliphatic rings. The van der Waals surface area contributed by atoms with E-state index < -0.39 is 0 Å². The Morgan fingerprint density at radius 3 is 3.06 bits per heavy atom. The van der Waals surface area contributed by atoms with Crippen LogP contribution in [0.2, 0.25) is 0 Å². The third-order valence-corrected chi connectivity index (χ3v) is 2.36. The maximum atomic E-state index is 11.5. The van der Waals surface area contributed by atoms with Crippen LogP contribution in [-0.4, -0.2) is 29.1 Å². The van der Waals surface area contributed by atoms with Crippen LogP contribution in [0.5, 0.6) is 0 Å². The lowest BCUT2D eigenvalue weighted by Crippen LogP contribution is -2.29. The number of hydrogen-bond acceptors (Lipinski definition) is 3. The van der Waals surface area contributed by atoms with Crippen LogP contribution in [0, 0.1) is 5.92 Å². The zero-order valence-electron chi connectivity index (χ0n) is 9.52. The highest BCUT2D eigenvalue weighted by Gasteiger charge is 2.05. The van der Waals surface area contributed by atoms with Crippen molar-refractivity contribution in [3.05, 3.63) is 30.1 Å². The summed E-state index contributed by atoms with van der Waals surface area (Å²) in [5.41, 5.74) is 0.912. The fourth-order valence-corrected chi connectivity index (χ4v) is 1.36. The van der Waals surface area contributed by atoms with Crippen molar-refractivity contribution in [2.45, 2.75) is 19.8 Å². The largest absolute Gasteiger partial charge is 0.396 e. The van der Waals surface area contributed by atoms with Gasteiger partial charge >= 0.3 is 0 Å². The zero-order valence-corrected chi connectivity index (χ0v) is 9.52. The van der Waals surface area contributed by atoms with E-state index >= 15 is 0 Å². The summed E-state index contributed by atoms with van der Waals surface area (Å²) < 4.78 is 0. The summed E-state index contributed by atoms with van der Waals surface area (Å²) in [7, 11) is 0. The summed E-state index contributed by atoms with van der Waals surface area (Å²) >= 11 is 0. The van der Waals surface area contributed by atoms with Crippen molar-refractivity contribution in [1.82, 2.24) is 10.3 Å². The molecule has 0 saturated carbocycles. The first-order valence-electron chi connectivity index (χ1n) is 5.49. The molecular weight excluding hydrogens is 204 g/mol. The van der Waals surface area contributed by atoms with Crippen LogP contribution in [0.15, 0.2) is 24.5 Å². The Balaban J connectivity index is 2.26. The van der Waals surface area contributed by atoms with E-state index in [1.807, 2.05) is 19.1 Å². The molecule has 16 heavy (non-hydrogen) atoms. The van der Waals surface area contributed by atoms with Gasteiger partial charge in [0.2, 0.25) is 5.91 Å². The smallest absolute Gasteiger partial charge is 0.224 e. The quantitative estimate of drug-likeness (QED) is 0.747. The minimum Gasteiger partial charge on any atom is -0.396 e. The SMILES string of the molecule is CC(CCO)CNC(=O)Cc1cccnc1. The Morgan fingerprint density at radius 2 is 2.44 bits per heavy atom. The number of carbonyl (C=O) groups is 1. The highest BCUT2D eigenvalue weighted by atomic mass is 16.3. The molecule has 4 nitrogen and oxygen atoms in total. The number of amides is 1. The predicted octanol–water partition coefficient (Wildman–Crippen LogP) is 0.759. The number of nitrogens with one attached hydrogen (secondary N) is 1. The number of carbonyl (C=O) groups excluding carboxylic acids is 1. The van der Waals surface area contributed by atoms with Gasteiger partial charge < -0.3 is 10.4 Å². The highest BCUT2D eigenvalue weighted by molar-refractivity contribution is 5.78. The molecule has 0 spiro atoms. The average Bonchev–Trinajstić information content (AvgIpc) is 2.28. The van der Waals surface area contributed by atoms with Crippen molar-refractivity contribution < 1.29 is 9.90 Å². The molecule has 0 bridgehead atoms. The van der Waals surface area contributed by atoms with E-state index in [4.69, 9.17) is 5.11 Å². The number of hydrogen-bond donors (Lipinski definition) is 2. The van der Waals surface area contributed by atoms with Gasteiger partial charge in [0.15, 0.2) is 0 Å². The number of pyridine rings is 1. The number of aliphatic hydroxyl groups is 1. The van der Waals surface area contributed by atoms with Crippen LogP contribution >= 0.6 is 0 Å². The number of rotatable bonds is 6. The lowest BCUT2D eigenvalue weighted by Gasteiger charge is -2.10. The minimum absolute atomic E-state index is 0.00205. The van der Waals surface area contributed by atoms with Gasteiger partial charge in [-0.1, -0.05) is 13.0 Å². The Hall–Kier alpha value is -1.42. The average molecular weight is 222 g/mol. The van der Waals surface area contributed by atoms with Crippen LogP contribution in [0.4, 0.5) is 0 Å². The molecule has 0 aromatic carbocycles. The molecule has 1 heterocycles. The van der Waals surface area contributed by atoms with Gasteiger partial charge in [-0.05, 0) is 24.0 Å².